The summed E-state index contributed by atoms with van der Waals surface area (Å²) in [6.45, 7) is 0.172. The summed E-state index contributed by atoms with van der Waals surface area (Å²) in [5.41, 5.74) is 0.229. The van der Waals surface area contributed by atoms with Gasteiger partial charge in [0.15, 0.2) is 0 Å². The highest BCUT2D eigenvalue weighted by Crippen LogP contribution is 2.19. The Bertz CT molecular complexity index is 309. The molecule has 1 atom stereocenters. The summed E-state index contributed by atoms with van der Waals surface area (Å²) in [6, 6.07) is 3.75. The summed E-state index contributed by atoms with van der Waals surface area (Å²) in [5.74, 6) is -0.607. The third-order valence-electron chi connectivity index (χ3n) is 1.66. The standard InChI is InChI=1S/C9H11ClFNO2/c10-4-7(14)5-12-9-2-1-6(13)3-8(9)11/h1-3,7,12-14H,4-5H2. The van der Waals surface area contributed by atoms with E-state index in [-0.39, 0.29) is 23.9 Å². The van der Waals surface area contributed by atoms with E-state index in [4.69, 9.17) is 21.8 Å². The number of aliphatic hydroxyl groups is 1. The Morgan fingerprint density at radius 2 is 2.21 bits per heavy atom. The number of rotatable bonds is 4. The molecule has 1 aromatic rings. The Kier molecular flexibility index (Phi) is 3.98. The first-order valence-electron chi connectivity index (χ1n) is 4.10. The number of phenolic OH excluding ortho intramolecular Hbond substituents is 1. The van der Waals surface area contributed by atoms with E-state index in [1.807, 2.05) is 0 Å². The topological polar surface area (TPSA) is 52.5 Å². The minimum Gasteiger partial charge on any atom is -0.508 e. The molecular formula is C9H11ClFNO2. The molecule has 3 N–H and O–H groups in total. The summed E-state index contributed by atoms with van der Waals surface area (Å²) in [7, 11) is 0. The van der Waals surface area contributed by atoms with E-state index in [1.54, 1.807) is 0 Å². The van der Waals surface area contributed by atoms with Crippen molar-refractivity contribution in [2.75, 3.05) is 17.7 Å². The van der Waals surface area contributed by atoms with Crippen LogP contribution in [0, 0.1) is 5.82 Å². The zero-order valence-corrected chi connectivity index (χ0v) is 8.13. The van der Waals surface area contributed by atoms with Gasteiger partial charge in [0.1, 0.15) is 11.6 Å². The summed E-state index contributed by atoms with van der Waals surface area (Å²) in [4.78, 5) is 0. The van der Waals surface area contributed by atoms with Crippen LogP contribution in [0.2, 0.25) is 0 Å². The number of anilines is 1. The molecule has 78 valence electrons. The van der Waals surface area contributed by atoms with Gasteiger partial charge in [-0.1, -0.05) is 0 Å². The van der Waals surface area contributed by atoms with Gasteiger partial charge in [-0.15, -0.1) is 11.6 Å². The zero-order valence-electron chi connectivity index (χ0n) is 7.37. The van der Waals surface area contributed by atoms with Gasteiger partial charge in [-0.2, -0.15) is 0 Å². The number of benzene rings is 1. The number of phenols is 1. The van der Waals surface area contributed by atoms with Gasteiger partial charge in [0, 0.05) is 12.6 Å². The predicted octanol–water partition coefficient (Wildman–Crippen LogP) is 1.54. The van der Waals surface area contributed by atoms with E-state index < -0.39 is 11.9 Å². The van der Waals surface area contributed by atoms with Gasteiger partial charge in [-0.25, -0.2) is 4.39 Å². The molecule has 0 aliphatic carbocycles. The molecule has 5 heteroatoms. The van der Waals surface area contributed by atoms with Crippen LogP contribution < -0.4 is 5.32 Å². The largest absolute Gasteiger partial charge is 0.508 e. The molecule has 0 bridgehead atoms. The van der Waals surface area contributed by atoms with Crippen molar-refractivity contribution in [1.82, 2.24) is 0 Å². The number of hydrogen-bond acceptors (Lipinski definition) is 3. The molecule has 0 saturated heterocycles. The van der Waals surface area contributed by atoms with Gasteiger partial charge in [0.2, 0.25) is 0 Å². The fourth-order valence-corrected chi connectivity index (χ4v) is 1.04. The van der Waals surface area contributed by atoms with Crippen molar-refractivity contribution < 1.29 is 14.6 Å². The van der Waals surface area contributed by atoms with Crippen molar-refractivity contribution >= 4 is 17.3 Å². The first-order valence-corrected chi connectivity index (χ1v) is 4.63. The highest BCUT2D eigenvalue weighted by Gasteiger charge is 2.05. The van der Waals surface area contributed by atoms with E-state index in [0.29, 0.717) is 0 Å². The number of hydrogen-bond donors (Lipinski definition) is 3. The maximum Gasteiger partial charge on any atom is 0.149 e. The maximum atomic E-state index is 13.1. The Morgan fingerprint density at radius 3 is 2.79 bits per heavy atom. The first-order chi connectivity index (χ1) is 6.63. The van der Waals surface area contributed by atoms with Crippen molar-refractivity contribution in [3.8, 4) is 5.75 Å². The van der Waals surface area contributed by atoms with E-state index >= 15 is 0 Å². The Balaban J connectivity index is 2.59. The second-order valence-corrected chi connectivity index (χ2v) is 3.16. The second-order valence-electron chi connectivity index (χ2n) is 2.85. The number of aromatic hydroxyl groups is 1. The van der Waals surface area contributed by atoms with Gasteiger partial charge >= 0.3 is 0 Å². The minimum absolute atomic E-state index is 0.0900. The van der Waals surface area contributed by atoms with Gasteiger partial charge in [0.05, 0.1) is 17.7 Å². The van der Waals surface area contributed by atoms with E-state index in [1.165, 1.54) is 12.1 Å². The molecule has 0 radical (unpaired) electrons. The summed E-state index contributed by atoms with van der Waals surface area (Å²) < 4.78 is 13.1. The second kappa shape index (κ2) is 5.02. The quantitative estimate of drug-likeness (QED) is 0.532. The van der Waals surface area contributed by atoms with Crippen molar-refractivity contribution in [3.63, 3.8) is 0 Å². The molecule has 1 aromatic carbocycles. The van der Waals surface area contributed by atoms with Gasteiger partial charge in [0.25, 0.3) is 0 Å². The molecule has 0 aliphatic heterocycles. The van der Waals surface area contributed by atoms with E-state index in [0.717, 1.165) is 6.07 Å². The van der Waals surface area contributed by atoms with E-state index in [2.05, 4.69) is 5.32 Å². The molecule has 14 heavy (non-hydrogen) atoms. The Morgan fingerprint density at radius 1 is 1.50 bits per heavy atom. The SMILES string of the molecule is Oc1ccc(NCC(O)CCl)c(F)c1. The van der Waals surface area contributed by atoms with Crippen LogP contribution in [0.15, 0.2) is 18.2 Å². The van der Waals surface area contributed by atoms with Crippen LogP contribution in [0.4, 0.5) is 10.1 Å². The fraction of sp³-hybridized carbons (Fsp3) is 0.333. The third-order valence-corrected chi connectivity index (χ3v) is 2.02. The average molecular weight is 220 g/mol. The Hall–Kier alpha value is -1.00. The van der Waals surface area contributed by atoms with Crippen molar-refractivity contribution in [2.24, 2.45) is 0 Å². The van der Waals surface area contributed by atoms with Crippen molar-refractivity contribution in [1.29, 1.82) is 0 Å². The molecule has 0 aromatic heterocycles. The van der Waals surface area contributed by atoms with Crippen LogP contribution in [-0.2, 0) is 0 Å². The lowest BCUT2D eigenvalue weighted by atomic mass is 10.2. The molecule has 0 heterocycles. The molecule has 0 amide bonds. The summed E-state index contributed by atoms with van der Waals surface area (Å²) in [6.07, 6.45) is -0.718. The highest BCUT2D eigenvalue weighted by molar-refractivity contribution is 6.18. The highest BCUT2D eigenvalue weighted by atomic mass is 35.5. The number of aliphatic hydroxyl groups excluding tert-OH is 1. The lowest BCUT2D eigenvalue weighted by Gasteiger charge is -2.10. The first kappa shape index (κ1) is 11.1. The van der Waals surface area contributed by atoms with Crippen LogP contribution >= 0.6 is 11.6 Å². The zero-order chi connectivity index (χ0) is 10.6. The number of halogens is 2. The molecule has 1 unspecified atom stereocenters. The molecule has 1 rings (SSSR count). The van der Waals surface area contributed by atoms with Crippen LogP contribution in [-0.4, -0.2) is 28.7 Å². The normalized spacial score (nSPS) is 12.5. The van der Waals surface area contributed by atoms with Gasteiger partial charge in [-0.3, -0.25) is 0 Å². The number of nitrogens with one attached hydrogen (secondary N) is 1. The van der Waals surface area contributed by atoms with Crippen LogP contribution in [0.3, 0.4) is 0 Å². The number of alkyl halides is 1. The lowest BCUT2D eigenvalue weighted by Crippen LogP contribution is -2.21. The molecule has 0 aliphatic rings. The maximum absolute atomic E-state index is 13.1. The third kappa shape index (κ3) is 3.05. The van der Waals surface area contributed by atoms with E-state index in [9.17, 15) is 4.39 Å². The molecule has 0 spiro atoms. The molecular weight excluding hydrogens is 209 g/mol. The smallest absolute Gasteiger partial charge is 0.149 e. The van der Waals surface area contributed by atoms with Crippen LogP contribution in [0.5, 0.6) is 5.75 Å². The predicted molar refractivity (Wildman–Crippen MR) is 53.3 cm³/mol. The minimum atomic E-state index is -0.718. The molecule has 0 fully saturated rings. The van der Waals surface area contributed by atoms with Gasteiger partial charge in [-0.05, 0) is 12.1 Å². The summed E-state index contributed by atoms with van der Waals surface area (Å²) >= 11 is 5.36. The van der Waals surface area contributed by atoms with Crippen LogP contribution in [0.25, 0.3) is 0 Å². The lowest BCUT2D eigenvalue weighted by molar-refractivity contribution is 0.211. The molecule has 0 saturated carbocycles. The summed E-state index contributed by atoms with van der Waals surface area (Å²) in [5, 5.41) is 20.7. The van der Waals surface area contributed by atoms with Crippen LogP contribution in [0.1, 0.15) is 0 Å². The average Bonchev–Trinajstić information content (AvgIpc) is 2.16. The van der Waals surface area contributed by atoms with Crippen molar-refractivity contribution in [2.45, 2.75) is 6.10 Å². The van der Waals surface area contributed by atoms with Crippen molar-refractivity contribution in [3.05, 3.63) is 24.0 Å². The monoisotopic (exact) mass is 219 g/mol. The molecule has 3 nitrogen and oxygen atoms in total. The fourth-order valence-electron chi connectivity index (χ4n) is 0.930. The van der Waals surface area contributed by atoms with Gasteiger partial charge < -0.3 is 15.5 Å². The Labute approximate surface area is 86.1 Å².